The van der Waals surface area contributed by atoms with Crippen molar-refractivity contribution in [2.45, 2.75) is 19.0 Å². The average molecular weight is 317 g/mol. The zero-order valence-electron chi connectivity index (χ0n) is 12.7. The highest BCUT2D eigenvalue weighted by Crippen LogP contribution is 2.35. The fourth-order valence-corrected chi connectivity index (χ4v) is 2.84. The SMILES string of the molecule is COCC1CCCN(CCOc2ccccc2C(F)(F)F)C1. The lowest BCUT2D eigenvalue weighted by atomic mass is 9.99. The second kappa shape index (κ2) is 7.83. The largest absolute Gasteiger partial charge is 0.492 e. The number of hydrogen-bond donors (Lipinski definition) is 0. The molecule has 1 saturated heterocycles. The number of rotatable bonds is 6. The van der Waals surface area contributed by atoms with Gasteiger partial charge in [-0.3, -0.25) is 4.90 Å². The molecule has 124 valence electrons. The number of ether oxygens (including phenoxy) is 2. The molecular formula is C16H22F3NO2. The lowest BCUT2D eigenvalue weighted by molar-refractivity contribution is -0.139. The maximum atomic E-state index is 12.9. The molecule has 1 unspecified atom stereocenters. The van der Waals surface area contributed by atoms with Gasteiger partial charge in [-0.25, -0.2) is 0 Å². The molecule has 1 aliphatic heterocycles. The number of benzene rings is 1. The molecule has 6 heteroatoms. The molecule has 1 aromatic carbocycles. The molecule has 1 aliphatic rings. The summed E-state index contributed by atoms with van der Waals surface area (Å²) in [5, 5.41) is 0. The summed E-state index contributed by atoms with van der Waals surface area (Å²) in [5.41, 5.74) is -0.717. The molecule has 0 radical (unpaired) electrons. The first kappa shape index (κ1) is 17.1. The number of nitrogens with zero attached hydrogens (tertiary/aromatic N) is 1. The van der Waals surface area contributed by atoms with E-state index in [1.807, 2.05) is 0 Å². The van der Waals surface area contributed by atoms with Crippen LogP contribution in [0, 0.1) is 5.92 Å². The minimum absolute atomic E-state index is 0.0968. The molecule has 0 N–H and O–H groups in total. The first-order chi connectivity index (χ1) is 10.5. The minimum atomic E-state index is -4.38. The summed E-state index contributed by atoms with van der Waals surface area (Å²) >= 11 is 0. The van der Waals surface area contributed by atoms with Gasteiger partial charge < -0.3 is 9.47 Å². The number of halogens is 3. The molecule has 22 heavy (non-hydrogen) atoms. The van der Waals surface area contributed by atoms with E-state index in [0.29, 0.717) is 12.5 Å². The first-order valence-corrected chi connectivity index (χ1v) is 7.51. The summed E-state index contributed by atoms with van der Waals surface area (Å²) in [6.07, 6.45) is -2.15. The van der Waals surface area contributed by atoms with E-state index < -0.39 is 11.7 Å². The molecule has 3 nitrogen and oxygen atoms in total. The Balaban J connectivity index is 1.84. The lowest BCUT2D eigenvalue weighted by Crippen LogP contribution is -2.39. The zero-order chi connectivity index (χ0) is 16.0. The highest BCUT2D eigenvalue weighted by molar-refractivity contribution is 5.35. The van der Waals surface area contributed by atoms with Crippen LogP contribution in [0.2, 0.25) is 0 Å². The Morgan fingerprint density at radius 3 is 2.77 bits per heavy atom. The van der Waals surface area contributed by atoms with Gasteiger partial charge in [-0.2, -0.15) is 13.2 Å². The summed E-state index contributed by atoms with van der Waals surface area (Å²) in [6, 6.07) is 5.34. The molecule has 0 bridgehead atoms. The van der Waals surface area contributed by atoms with E-state index in [0.717, 1.165) is 38.6 Å². The second-order valence-corrected chi connectivity index (χ2v) is 5.61. The molecule has 1 heterocycles. The van der Waals surface area contributed by atoms with Crippen LogP contribution in [0.15, 0.2) is 24.3 Å². The van der Waals surface area contributed by atoms with E-state index in [9.17, 15) is 13.2 Å². The topological polar surface area (TPSA) is 21.7 Å². The molecule has 1 atom stereocenters. The molecular weight excluding hydrogens is 295 g/mol. The Morgan fingerprint density at radius 2 is 2.05 bits per heavy atom. The van der Waals surface area contributed by atoms with Crippen LogP contribution in [0.1, 0.15) is 18.4 Å². The van der Waals surface area contributed by atoms with Gasteiger partial charge in [-0.15, -0.1) is 0 Å². The van der Waals surface area contributed by atoms with Crippen molar-refractivity contribution in [1.82, 2.24) is 4.90 Å². The van der Waals surface area contributed by atoms with Crippen molar-refractivity contribution in [3.05, 3.63) is 29.8 Å². The maximum Gasteiger partial charge on any atom is 0.419 e. The van der Waals surface area contributed by atoms with E-state index in [1.54, 1.807) is 13.2 Å². The normalized spacial score (nSPS) is 20.1. The van der Waals surface area contributed by atoms with Gasteiger partial charge in [0.05, 0.1) is 12.2 Å². The smallest absolute Gasteiger partial charge is 0.419 e. The number of alkyl halides is 3. The standard InChI is InChI=1S/C16H22F3NO2/c1-21-12-13-5-4-8-20(11-13)9-10-22-15-7-3-2-6-14(15)16(17,18)19/h2-3,6-7,13H,4-5,8-12H2,1H3. The van der Waals surface area contributed by atoms with Crippen molar-refractivity contribution in [2.24, 2.45) is 5.92 Å². The Labute approximate surface area is 129 Å². The molecule has 0 spiro atoms. The second-order valence-electron chi connectivity index (χ2n) is 5.61. The van der Waals surface area contributed by atoms with Crippen LogP contribution in [-0.4, -0.2) is 44.9 Å². The predicted octanol–water partition coefficient (Wildman–Crippen LogP) is 3.44. The number of methoxy groups -OCH3 is 1. The van der Waals surface area contributed by atoms with E-state index in [2.05, 4.69) is 4.90 Å². The highest BCUT2D eigenvalue weighted by Gasteiger charge is 2.34. The van der Waals surface area contributed by atoms with E-state index in [1.165, 1.54) is 12.1 Å². The third kappa shape index (κ3) is 4.88. The summed E-state index contributed by atoms with van der Waals surface area (Å²) in [7, 11) is 1.69. The first-order valence-electron chi connectivity index (χ1n) is 7.51. The van der Waals surface area contributed by atoms with Crippen molar-refractivity contribution < 1.29 is 22.6 Å². The molecule has 1 fully saturated rings. The molecule has 0 aliphatic carbocycles. The van der Waals surface area contributed by atoms with Crippen LogP contribution >= 0.6 is 0 Å². The fraction of sp³-hybridized carbons (Fsp3) is 0.625. The summed E-state index contributed by atoms with van der Waals surface area (Å²) in [5.74, 6) is 0.404. The maximum absolute atomic E-state index is 12.9. The predicted molar refractivity (Wildman–Crippen MR) is 78.0 cm³/mol. The number of likely N-dealkylation sites (tertiary alicyclic amines) is 1. The van der Waals surface area contributed by atoms with Gasteiger partial charge in [-0.05, 0) is 37.4 Å². The summed E-state index contributed by atoms with van der Waals surface area (Å²) in [4.78, 5) is 2.23. The molecule has 0 saturated carbocycles. The lowest BCUT2D eigenvalue weighted by Gasteiger charge is -2.32. The van der Waals surface area contributed by atoms with Crippen molar-refractivity contribution >= 4 is 0 Å². The molecule has 1 aromatic rings. The number of piperidine rings is 1. The van der Waals surface area contributed by atoms with Gasteiger partial charge in [0.2, 0.25) is 0 Å². The van der Waals surface area contributed by atoms with Crippen molar-refractivity contribution in [3.63, 3.8) is 0 Å². The summed E-state index contributed by atoms with van der Waals surface area (Å²) < 4.78 is 49.1. The monoisotopic (exact) mass is 317 g/mol. The Morgan fingerprint density at radius 1 is 1.27 bits per heavy atom. The van der Waals surface area contributed by atoms with Gasteiger partial charge >= 0.3 is 6.18 Å². The quantitative estimate of drug-likeness (QED) is 0.802. The van der Waals surface area contributed by atoms with Gasteiger partial charge in [0.15, 0.2) is 0 Å². The van der Waals surface area contributed by atoms with Crippen LogP contribution in [0.4, 0.5) is 13.2 Å². The Kier molecular flexibility index (Phi) is 6.08. The zero-order valence-corrected chi connectivity index (χ0v) is 12.7. The summed E-state index contributed by atoms with van der Waals surface area (Å²) in [6.45, 7) is 3.50. The highest BCUT2D eigenvalue weighted by atomic mass is 19.4. The fourth-order valence-electron chi connectivity index (χ4n) is 2.84. The van der Waals surface area contributed by atoms with E-state index >= 15 is 0 Å². The molecule has 0 aromatic heterocycles. The van der Waals surface area contributed by atoms with Gasteiger partial charge in [-0.1, -0.05) is 12.1 Å². The Hall–Kier alpha value is -1.27. The number of hydrogen-bond acceptors (Lipinski definition) is 3. The van der Waals surface area contributed by atoms with Gasteiger partial charge in [0.25, 0.3) is 0 Å². The van der Waals surface area contributed by atoms with Crippen molar-refractivity contribution in [2.75, 3.05) is 40.0 Å². The average Bonchev–Trinajstić information content (AvgIpc) is 2.47. The van der Waals surface area contributed by atoms with E-state index in [4.69, 9.17) is 9.47 Å². The van der Waals surface area contributed by atoms with Gasteiger partial charge in [0, 0.05) is 20.2 Å². The van der Waals surface area contributed by atoms with E-state index in [-0.39, 0.29) is 12.4 Å². The van der Waals surface area contributed by atoms with Crippen LogP contribution in [0.5, 0.6) is 5.75 Å². The van der Waals surface area contributed by atoms with Crippen LogP contribution in [0.25, 0.3) is 0 Å². The van der Waals surface area contributed by atoms with Crippen LogP contribution in [0.3, 0.4) is 0 Å². The molecule has 2 rings (SSSR count). The minimum Gasteiger partial charge on any atom is -0.492 e. The van der Waals surface area contributed by atoms with Crippen LogP contribution in [-0.2, 0) is 10.9 Å². The third-order valence-corrected chi connectivity index (χ3v) is 3.86. The van der Waals surface area contributed by atoms with Crippen molar-refractivity contribution in [3.8, 4) is 5.75 Å². The number of para-hydroxylation sites is 1. The van der Waals surface area contributed by atoms with Crippen molar-refractivity contribution in [1.29, 1.82) is 0 Å². The third-order valence-electron chi connectivity index (χ3n) is 3.86. The Bertz CT molecular complexity index is 463. The van der Waals surface area contributed by atoms with Crippen LogP contribution < -0.4 is 4.74 Å². The molecule has 0 amide bonds. The van der Waals surface area contributed by atoms with Gasteiger partial charge in [0.1, 0.15) is 12.4 Å².